The van der Waals surface area contributed by atoms with Crippen LogP contribution in [0, 0.1) is 10.1 Å². The molecule has 0 aromatic heterocycles. The van der Waals surface area contributed by atoms with Crippen LogP contribution in [0.3, 0.4) is 0 Å². The zero-order valence-electron chi connectivity index (χ0n) is 12.0. The van der Waals surface area contributed by atoms with Crippen molar-refractivity contribution < 1.29 is 9.72 Å². The Morgan fingerprint density at radius 2 is 2.33 bits per heavy atom. The summed E-state index contributed by atoms with van der Waals surface area (Å²) in [7, 11) is 1.53. The Kier molecular flexibility index (Phi) is 5.10. The fraction of sp³-hybridized carbons (Fsp3) is 0.500. The van der Waals surface area contributed by atoms with Crippen molar-refractivity contribution in [3.8, 4) is 0 Å². The third-order valence-corrected chi connectivity index (χ3v) is 3.65. The summed E-state index contributed by atoms with van der Waals surface area (Å²) < 4.78 is 0. The standard InChI is InChI=1S/C14H20N4O3/c1-15-14(19)10-4-5-13(18(20)21)12(9-10)17-8-6-11-3-2-7-16-11/h4-5,9,11,16-17H,2-3,6-8H2,1H3,(H,15,19)/t11-/m1/s1. The number of carbonyl (C=O) groups is 1. The Hall–Kier alpha value is -2.15. The number of anilines is 1. The quantitative estimate of drug-likeness (QED) is 0.545. The fourth-order valence-electron chi connectivity index (χ4n) is 2.51. The maximum Gasteiger partial charge on any atom is 0.292 e. The maximum absolute atomic E-state index is 11.6. The second-order valence-electron chi connectivity index (χ2n) is 5.08. The minimum absolute atomic E-state index is 0.0120. The molecule has 0 spiro atoms. The van der Waals surface area contributed by atoms with Crippen LogP contribution in [0.5, 0.6) is 0 Å². The molecular formula is C14H20N4O3. The molecule has 0 saturated carbocycles. The number of hydrogen-bond acceptors (Lipinski definition) is 5. The Morgan fingerprint density at radius 1 is 1.52 bits per heavy atom. The van der Waals surface area contributed by atoms with E-state index in [9.17, 15) is 14.9 Å². The van der Waals surface area contributed by atoms with Gasteiger partial charge in [0.1, 0.15) is 5.69 Å². The van der Waals surface area contributed by atoms with E-state index in [0.717, 1.165) is 19.4 Å². The SMILES string of the molecule is CNC(=O)c1ccc([N+](=O)[O-])c(NCC[C@H]2CCCN2)c1. The van der Waals surface area contributed by atoms with Crippen molar-refractivity contribution >= 4 is 17.3 Å². The van der Waals surface area contributed by atoms with Gasteiger partial charge < -0.3 is 16.0 Å². The summed E-state index contributed by atoms with van der Waals surface area (Å²) >= 11 is 0. The second kappa shape index (κ2) is 7.03. The lowest BCUT2D eigenvalue weighted by Gasteiger charge is -2.12. The summed E-state index contributed by atoms with van der Waals surface area (Å²) in [6.45, 7) is 1.67. The number of nitro benzene ring substituents is 1. The van der Waals surface area contributed by atoms with Gasteiger partial charge in [0.15, 0.2) is 0 Å². The zero-order valence-corrected chi connectivity index (χ0v) is 12.0. The summed E-state index contributed by atoms with van der Waals surface area (Å²) in [5.74, 6) is -0.259. The van der Waals surface area contributed by atoms with Gasteiger partial charge in [0.2, 0.25) is 0 Å². The molecule has 1 atom stereocenters. The molecule has 2 rings (SSSR count). The minimum Gasteiger partial charge on any atom is -0.379 e. The lowest BCUT2D eigenvalue weighted by molar-refractivity contribution is -0.384. The van der Waals surface area contributed by atoms with E-state index in [1.54, 1.807) is 0 Å². The summed E-state index contributed by atoms with van der Waals surface area (Å²) in [5, 5.41) is 20.0. The van der Waals surface area contributed by atoms with E-state index < -0.39 is 4.92 Å². The first-order valence-electron chi connectivity index (χ1n) is 7.09. The van der Waals surface area contributed by atoms with Crippen LogP contribution in [-0.4, -0.2) is 37.0 Å². The highest BCUT2D eigenvalue weighted by Gasteiger charge is 2.17. The molecule has 1 aromatic rings. The summed E-state index contributed by atoms with van der Waals surface area (Å²) in [5.41, 5.74) is 0.783. The third-order valence-electron chi connectivity index (χ3n) is 3.65. The molecule has 1 amide bonds. The number of nitrogens with zero attached hydrogens (tertiary/aromatic N) is 1. The van der Waals surface area contributed by atoms with Gasteiger partial charge in [0.05, 0.1) is 4.92 Å². The maximum atomic E-state index is 11.6. The van der Waals surface area contributed by atoms with E-state index in [2.05, 4.69) is 16.0 Å². The molecule has 7 heteroatoms. The van der Waals surface area contributed by atoms with Crippen molar-refractivity contribution in [2.24, 2.45) is 0 Å². The van der Waals surface area contributed by atoms with Gasteiger partial charge in [0, 0.05) is 31.3 Å². The van der Waals surface area contributed by atoms with Gasteiger partial charge in [-0.3, -0.25) is 14.9 Å². The highest BCUT2D eigenvalue weighted by molar-refractivity contribution is 5.95. The number of amides is 1. The molecule has 3 N–H and O–H groups in total. The number of carbonyl (C=O) groups excluding carboxylic acids is 1. The average molecular weight is 292 g/mol. The van der Waals surface area contributed by atoms with Crippen molar-refractivity contribution in [1.29, 1.82) is 0 Å². The molecule has 114 valence electrons. The van der Waals surface area contributed by atoms with Crippen LogP contribution in [0.4, 0.5) is 11.4 Å². The van der Waals surface area contributed by atoms with Gasteiger partial charge in [-0.2, -0.15) is 0 Å². The molecule has 1 aliphatic rings. The fourth-order valence-corrected chi connectivity index (χ4v) is 2.51. The Labute approximate surface area is 123 Å². The second-order valence-corrected chi connectivity index (χ2v) is 5.08. The van der Waals surface area contributed by atoms with Crippen molar-refractivity contribution in [3.05, 3.63) is 33.9 Å². The molecule has 0 bridgehead atoms. The summed E-state index contributed by atoms with van der Waals surface area (Å²) in [6, 6.07) is 4.82. The highest BCUT2D eigenvalue weighted by Crippen LogP contribution is 2.25. The molecule has 1 saturated heterocycles. The van der Waals surface area contributed by atoms with Crippen molar-refractivity contribution in [2.45, 2.75) is 25.3 Å². The van der Waals surface area contributed by atoms with Crippen LogP contribution < -0.4 is 16.0 Å². The van der Waals surface area contributed by atoms with Crippen LogP contribution >= 0.6 is 0 Å². The van der Waals surface area contributed by atoms with E-state index >= 15 is 0 Å². The van der Waals surface area contributed by atoms with Crippen LogP contribution in [0.2, 0.25) is 0 Å². The van der Waals surface area contributed by atoms with Crippen LogP contribution in [0.1, 0.15) is 29.6 Å². The zero-order chi connectivity index (χ0) is 15.2. The van der Waals surface area contributed by atoms with E-state index in [-0.39, 0.29) is 11.6 Å². The Balaban J connectivity index is 2.06. The van der Waals surface area contributed by atoms with Gasteiger partial charge >= 0.3 is 0 Å². The monoisotopic (exact) mass is 292 g/mol. The predicted octanol–water partition coefficient (Wildman–Crippen LogP) is 1.51. The number of rotatable bonds is 6. The van der Waals surface area contributed by atoms with Crippen LogP contribution in [0.25, 0.3) is 0 Å². The molecule has 0 aliphatic carbocycles. The molecule has 1 aromatic carbocycles. The predicted molar refractivity (Wildman–Crippen MR) is 80.6 cm³/mol. The van der Waals surface area contributed by atoms with E-state index in [1.165, 1.54) is 31.7 Å². The van der Waals surface area contributed by atoms with Gasteiger partial charge in [-0.05, 0) is 37.9 Å². The van der Waals surface area contributed by atoms with Crippen LogP contribution in [0.15, 0.2) is 18.2 Å². The van der Waals surface area contributed by atoms with Gasteiger partial charge in [-0.1, -0.05) is 0 Å². The minimum atomic E-state index is -0.441. The first-order valence-corrected chi connectivity index (χ1v) is 7.09. The van der Waals surface area contributed by atoms with Gasteiger partial charge in [-0.15, -0.1) is 0 Å². The number of hydrogen-bond donors (Lipinski definition) is 3. The molecule has 0 unspecified atom stereocenters. The van der Waals surface area contributed by atoms with Crippen molar-refractivity contribution in [3.63, 3.8) is 0 Å². The molecule has 7 nitrogen and oxygen atoms in total. The van der Waals surface area contributed by atoms with Crippen molar-refractivity contribution in [1.82, 2.24) is 10.6 Å². The third kappa shape index (κ3) is 3.91. The van der Waals surface area contributed by atoms with E-state index in [0.29, 0.717) is 23.8 Å². The lowest BCUT2D eigenvalue weighted by atomic mass is 10.1. The first kappa shape index (κ1) is 15.2. The van der Waals surface area contributed by atoms with Gasteiger partial charge in [-0.25, -0.2) is 0 Å². The smallest absolute Gasteiger partial charge is 0.292 e. The molecule has 1 aliphatic heterocycles. The topological polar surface area (TPSA) is 96.3 Å². The molecule has 21 heavy (non-hydrogen) atoms. The molecule has 0 radical (unpaired) electrons. The molecular weight excluding hydrogens is 272 g/mol. The number of nitro groups is 1. The van der Waals surface area contributed by atoms with Crippen molar-refractivity contribution in [2.75, 3.05) is 25.5 Å². The van der Waals surface area contributed by atoms with Crippen LogP contribution in [-0.2, 0) is 0 Å². The average Bonchev–Trinajstić information content (AvgIpc) is 2.99. The Bertz CT molecular complexity index is 527. The number of nitrogens with one attached hydrogen (secondary N) is 3. The van der Waals surface area contributed by atoms with Gasteiger partial charge in [0.25, 0.3) is 11.6 Å². The normalized spacial score (nSPS) is 17.5. The summed E-state index contributed by atoms with van der Waals surface area (Å²) in [4.78, 5) is 22.2. The highest BCUT2D eigenvalue weighted by atomic mass is 16.6. The van der Waals surface area contributed by atoms with E-state index in [1.807, 2.05) is 0 Å². The lowest BCUT2D eigenvalue weighted by Crippen LogP contribution is -2.24. The molecule has 1 heterocycles. The Morgan fingerprint density at radius 3 is 2.95 bits per heavy atom. The molecule has 1 fully saturated rings. The van der Waals surface area contributed by atoms with E-state index in [4.69, 9.17) is 0 Å². The first-order chi connectivity index (χ1) is 10.1. The number of benzene rings is 1. The summed E-state index contributed by atoms with van der Waals surface area (Å²) in [6.07, 6.45) is 3.22. The largest absolute Gasteiger partial charge is 0.379 e.